The van der Waals surface area contributed by atoms with Crippen LogP contribution >= 0.6 is 0 Å². The second-order valence-electron chi connectivity index (χ2n) is 4.31. The molecule has 0 bridgehead atoms. The van der Waals surface area contributed by atoms with E-state index in [4.69, 9.17) is 5.26 Å². The van der Waals surface area contributed by atoms with Crippen LogP contribution in [-0.4, -0.2) is 9.97 Å². The van der Waals surface area contributed by atoms with E-state index in [9.17, 15) is 8.78 Å². The number of nitrogens with zero attached hydrogens (tertiary/aromatic N) is 3. The van der Waals surface area contributed by atoms with Crippen LogP contribution in [0.15, 0.2) is 42.7 Å². The Labute approximate surface area is 118 Å². The molecule has 3 rings (SSSR count). The first-order valence-electron chi connectivity index (χ1n) is 6.04. The average Bonchev–Trinajstić information content (AvgIpc) is 2.50. The summed E-state index contributed by atoms with van der Waals surface area (Å²) in [6, 6.07) is 8.84. The highest BCUT2D eigenvalue weighted by molar-refractivity contribution is 5.95. The number of hydrogen-bond donors (Lipinski definition) is 1. The molecule has 2 heterocycles. The highest BCUT2D eigenvalue weighted by atomic mass is 19.1. The number of hydrogen-bond acceptors (Lipinski definition) is 4. The van der Waals surface area contributed by atoms with Gasteiger partial charge >= 0.3 is 0 Å². The molecule has 0 unspecified atom stereocenters. The third-order valence-corrected chi connectivity index (χ3v) is 2.95. The van der Waals surface area contributed by atoms with E-state index in [1.165, 1.54) is 42.7 Å². The molecule has 0 radical (unpaired) electrons. The molecule has 3 aromatic rings. The Morgan fingerprint density at radius 3 is 2.52 bits per heavy atom. The molecule has 1 aromatic carbocycles. The van der Waals surface area contributed by atoms with Crippen LogP contribution in [0.1, 0.15) is 5.56 Å². The predicted molar refractivity (Wildman–Crippen MR) is 73.9 cm³/mol. The number of rotatable bonds is 2. The Hall–Kier alpha value is -3.07. The van der Waals surface area contributed by atoms with Crippen LogP contribution in [0.25, 0.3) is 10.9 Å². The Morgan fingerprint density at radius 2 is 1.81 bits per heavy atom. The van der Waals surface area contributed by atoms with Gasteiger partial charge in [-0.25, -0.2) is 9.37 Å². The summed E-state index contributed by atoms with van der Waals surface area (Å²) in [6.45, 7) is 0. The maximum absolute atomic E-state index is 13.3. The zero-order chi connectivity index (χ0) is 14.8. The molecule has 0 aliphatic carbocycles. The molecular weight excluding hydrogens is 274 g/mol. The zero-order valence-corrected chi connectivity index (χ0v) is 10.6. The van der Waals surface area contributed by atoms with Gasteiger partial charge in [0.05, 0.1) is 23.0 Å². The van der Waals surface area contributed by atoms with E-state index in [0.717, 1.165) is 0 Å². The van der Waals surface area contributed by atoms with Gasteiger partial charge in [-0.1, -0.05) is 0 Å². The zero-order valence-electron chi connectivity index (χ0n) is 10.6. The number of fused-ring (bicyclic) bond motifs is 1. The van der Waals surface area contributed by atoms with Gasteiger partial charge in [-0.2, -0.15) is 9.65 Å². The van der Waals surface area contributed by atoms with Crippen molar-refractivity contribution in [3.63, 3.8) is 0 Å². The van der Waals surface area contributed by atoms with E-state index >= 15 is 0 Å². The molecule has 2 aromatic heterocycles. The Kier molecular flexibility index (Phi) is 3.16. The molecule has 21 heavy (non-hydrogen) atoms. The van der Waals surface area contributed by atoms with Crippen LogP contribution in [0.2, 0.25) is 0 Å². The van der Waals surface area contributed by atoms with Crippen molar-refractivity contribution in [3.8, 4) is 6.07 Å². The van der Waals surface area contributed by atoms with Crippen LogP contribution in [0, 0.1) is 23.1 Å². The SMILES string of the molecule is N#Cc1cnc2cnc(F)cc2c1Nc1ccc(F)cc1. The standard InChI is InChI=1S/C15H8F2N4/c16-10-1-3-11(4-2-10)21-15-9(6-18)7-19-13-8-20-14(17)5-12(13)15/h1-5,7-8H,(H,19,21). The first-order valence-corrected chi connectivity index (χ1v) is 6.04. The summed E-state index contributed by atoms with van der Waals surface area (Å²) in [5.41, 5.74) is 1.71. The van der Waals surface area contributed by atoms with Crippen LogP contribution in [-0.2, 0) is 0 Å². The van der Waals surface area contributed by atoms with Gasteiger partial charge in [-0.15, -0.1) is 0 Å². The van der Waals surface area contributed by atoms with Crippen molar-refractivity contribution in [1.29, 1.82) is 5.26 Å². The van der Waals surface area contributed by atoms with Gasteiger partial charge < -0.3 is 5.32 Å². The van der Waals surface area contributed by atoms with Crippen molar-refractivity contribution in [1.82, 2.24) is 9.97 Å². The molecule has 1 N–H and O–H groups in total. The highest BCUT2D eigenvalue weighted by Gasteiger charge is 2.10. The minimum Gasteiger partial charge on any atom is -0.354 e. The first kappa shape index (κ1) is 12.9. The monoisotopic (exact) mass is 282 g/mol. The maximum Gasteiger partial charge on any atom is 0.213 e. The molecule has 0 fully saturated rings. The van der Waals surface area contributed by atoms with Crippen molar-refractivity contribution in [3.05, 3.63) is 60.1 Å². The summed E-state index contributed by atoms with van der Waals surface area (Å²) >= 11 is 0. The van der Waals surface area contributed by atoms with Crippen LogP contribution in [0.4, 0.5) is 20.2 Å². The first-order chi connectivity index (χ1) is 10.2. The number of anilines is 2. The number of benzene rings is 1. The summed E-state index contributed by atoms with van der Waals surface area (Å²) < 4.78 is 26.3. The minimum absolute atomic E-state index is 0.262. The quantitative estimate of drug-likeness (QED) is 0.730. The third kappa shape index (κ3) is 2.49. The van der Waals surface area contributed by atoms with Crippen molar-refractivity contribution in [2.24, 2.45) is 0 Å². The summed E-state index contributed by atoms with van der Waals surface area (Å²) in [5.74, 6) is -1.03. The van der Waals surface area contributed by atoms with Gasteiger partial charge in [0, 0.05) is 23.3 Å². The van der Waals surface area contributed by atoms with Crippen molar-refractivity contribution in [2.75, 3.05) is 5.32 Å². The Morgan fingerprint density at radius 1 is 1.05 bits per heavy atom. The molecule has 0 atom stereocenters. The van der Waals surface area contributed by atoms with Crippen LogP contribution in [0.3, 0.4) is 0 Å². The normalized spacial score (nSPS) is 10.3. The van der Waals surface area contributed by atoms with E-state index in [2.05, 4.69) is 15.3 Å². The Bertz CT molecular complexity index is 854. The van der Waals surface area contributed by atoms with Gasteiger partial charge in [-0.3, -0.25) is 4.98 Å². The fraction of sp³-hybridized carbons (Fsp3) is 0. The number of nitrogens with one attached hydrogen (secondary N) is 1. The van der Waals surface area contributed by atoms with Gasteiger partial charge in [0.2, 0.25) is 5.95 Å². The number of halogens is 2. The van der Waals surface area contributed by atoms with Crippen molar-refractivity contribution >= 4 is 22.3 Å². The third-order valence-electron chi connectivity index (χ3n) is 2.95. The average molecular weight is 282 g/mol. The van der Waals surface area contributed by atoms with Gasteiger partial charge in [0.1, 0.15) is 11.9 Å². The fourth-order valence-electron chi connectivity index (χ4n) is 1.97. The maximum atomic E-state index is 13.3. The summed E-state index contributed by atoms with van der Waals surface area (Å²) in [5, 5.41) is 12.6. The van der Waals surface area contributed by atoms with E-state index in [0.29, 0.717) is 22.3 Å². The second-order valence-corrected chi connectivity index (χ2v) is 4.31. The lowest BCUT2D eigenvalue weighted by atomic mass is 10.1. The molecular formula is C15H8F2N4. The molecule has 4 nitrogen and oxygen atoms in total. The molecule has 102 valence electrons. The van der Waals surface area contributed by atoms with Gasteiger partial charge in [0.25, 0.3) is 0 Å². The molecule has 0 amide bonds. The van der Waals surface area contributed by atoms with Crippen LogP contribution < -0.4 is 5.32 Å². The second kappa shape index (κ2) is 5.13. The van der Waals surface area contributed by atoms with E-state index < -0.39 is 5.95 Å². The lowest BCUT2D eigenvalue weighted by Gasteiger charge is -2.11. The van der Waals surface area contributed by atoms with Gasteiger partial charge in [0.15, 0.2) is 0 Å². The van der Waals surface area contributed by atoms with E-state index in [-0.39, 0.29) is 11.4 Å². The smallest absolute Gasteiger partial charge is 0.213 e. The molecule has 0 saturated carbocycles. The van der Waals surface area contributed by atoms with E-state index in [1.807, 2.05) is 6.07 Å². The van der Waals surface area contributed by atoms with Crippen molar-refractivity contribution < 1.29 is 8.78 Å². The molecule has 6 heteroatoms. The highest BCUT2D eigenvalue weighted by Crippen LogP contribution is 2.28. The fourth-order valence-corrected chi connectivity index (χ4v) is 1.97. The summed E-state index contributed by atoms with van der Waals surface area (Å²) in [6.07, 6.45) is 2.68. The van der Waals surface area contributed by atoms with Gasteiger partial charge in [-0.05, 0) is 24.3 Å². The number of nitriles is 1. The summed E-state index contributed by atoms with van der Waals surface area (Å²) in [4.78, 5) is 7.59. The lowest BCUT2D eigenvalue weighted by molar-refractivity contribution is 0.586. The molecule has 0 spiro atoms. The minimum atomic E-state index is -0.665. The van der Waals surface area contributed by atoms with Crippen LogP contribution in [0.5, 0.6) is 0 Å². The van der Waals surface area contributed by atoms with E-state index in [1.54, 1.807) is 0 Å². The lowest BCUT2D eigenvalue weighted by Crippen LogP contribution is -1.98. The predicted octanol–water partition coefficient (Wildman–Crippen LogP) is 3.52. The summed E-state index contributed by atoms with van der Waals surface area (Å²) in [7, 11) is 0. The largest absolute Gasteiger partial charge is 0.354 e. The number of pyridine rings is 2. The van der Waals surface area contributed by atoms with Crippen molar-refractivity contribution in [2.45, 2.75) is 0 Å². The molecule has 0 aliphatic rings. The molecule has 0 saturated heterocycles. The number of aromatic nitrogens is 2. The topological polar surface area (TPSA) is 61.6 Å². The Balaban J connectivity index is 2.17. The molecule has 0 aliphatic heterocycles.